The van der Waals surface area contributed by atoms with E-state index in [1.54, 1.807) is 16.9 Å². The highest BCUT2D eigenvalue weighted by atomic mass is 16.2. The zero-order chi connectivity index (χ0) is 17.1. The standard InChI is InChI=1S/C18H21N5O/c1-4-13-12(2)20-15-8-6-5-7-14(15)18(13)19-11-17(24)21-16-9-10-23(3)22-16/h5-10H,4,11H2,1-3H3,(H,19,20)(H,21,22,24). The van der Waals surface area contributed by atoms with Gasteiger partial charge in [-0.25, -0.2) is 0 Å². The summed E-state index contributed by atoms with van der Waals surface area (Å²) in [6.45, 7) is 4.28. The van der Waals surface area contributed by atoms with Gasteiger partial charge in [0.25, 0.3) is 0 Å². The predicted molar refractivity (Wildman–Crippen MR) is 96.2 cm³/mol. The molecule has 0 atom stereocenters. The van der Waals surface area contributed by atoms with Crippen molar-refractivity contribution in [1.82, 2.24) is 14.8 Å². The van der Waals surface area contributed by atoms with E-state index in [1.807, 2.05) is 38.2 Å². The molecule has 0 bridgehead atoms. The predicted octanol–water partition coefficient (Wildman–Crippen LogP) is 2.89. The topological polar surface area (TPSA) is 71.8 Å². The summed E-state index contributed by atoms with van der Waals surface area (Å²) in [5.74, 6) is 0.421. The van der Waals surface area contributed by atoms with E-state index in [1.165, 1.54) is 0 Å². The Bertz CT molecular complexity index is 884. The average molecular weight is 323 g/mol. The summed E-state index contributed by atoms with van der Waals surface area (Å²) < 4.78 is 1.65. The minimum absolute atomic E-state index is 0.130. The van der Waals surface area contributed by atoms with Crippen molar-refractivity contribution in [2.45, 2.75) is 20.3 Å². The van der Waals surface area contributed by atoms with Gasteiger partial charge >= 0.3 is 0 Å². The molecule has 6 heteroatoms. The number of carbonyl (C=O) groups is 1. The number of hydrogen-bond acceptors (Lipinski definition) is 4. The van der Waals surface area contributed by atoms with Crippen molar-refractivity contribution < 1.29 is 4.79 Å². The molecule has 0 aliphatic carbocycles. The molecule has 3 rings (SSSR count). The number of amides is 1. The molecule has 0 unspecified atom stereocenters. The van der Waals surface area contributed by atoms with Crippen LogP contribution in [0.2, 0.25) is 0 Å². The highest BCUT2D eigenvalue weighted by molar-refractivity contribution is 5.97. The lowest BCUT2D eigenvalue weighted by atomic mass is 10.0. The van der Waals surface area contributed by atoms with Gasteiger partial charge in [0.1, 0.15) is 0 Å². The van der Waals surface area contributed by atoms with Crippen molar-refractivity contribution in [3.8, 4) is 0 Å². The van der Waals surface area contributed by atoms with Gasteiger partial charge in [0.05, 0.1) is 12.1 Å². The van der Waals surface area contributed by atoms with E-state index < -0.39 is 0 Å². The smallest absolute Gasteiger partial charge is 0.244 e. The normalized spacial score (nSPS) is 10.8. The Labute approximate surface area is 140 Å². The van der Waals surface area contributed by atoms with Gasteiger partial charge in [-0.05, 0) is 25.0 Å². The molecule has 1 aromatic carbocycles. The van der Waals surface area contributed by atoms with Crippen LogP contribution in [0.25, 0.3) is 10.9 Å². The second-order valence-corrected chi connectivity index (χ2v) is 5.70. The summed E-state index contributed by atoms with van der Waals surface area (Å²) in [5.41, 5.74) is 4.04. The van der Waals surface area contributed by atoms with E-state index in [2.05, 4.69) is 27.6 Å². The van der Waals surface area contributed by atoms with Gasteiger partial charge in [0.2, 0.25) is 5.91 Å². The average Bonchev–Trinajstić information content (AvgIpc) is 2.97. The second kappa shape index (κ2) is 6.70. The van der Waals surface area contributed by atoms with E-state index in [9.17, 15) is 4.79 Å². The fourth-order valence-electron chi connectivity index (χ4n) is 2.85. The van der Waals surface area contributed by atoms with Gasteiger partial charge < -0.3 is 10.6 Å². The van der Waals surface area contributed by atoms with Crippen LogP contribution in [0, 0.1) is 6.92 Å². The fourth-order valence-corrected chi connectivity index (χ4v) is 2.85. The van der Waals surface area contributed by atoms with Crippen LogP contribution in [0.3, 0.4) is 0 Å². The summed E-state index contributed by atoms with van der Waals surface area (Å²) in [7, 11) is 1.81. The van der Waals surface area contributed by atoms with Crippen LogP contribution < -0.4 is 10.6 Å². The van der Waals surface area contributed by atoms with Crippen LogP contribution in [-0.4, -0.2) is 27.2 Å². The number of aromatic nitrogens is 3. The summed E-state index contributed by atoms with van der Waals surface area (Å²) in [6.07, 6.45) is 2.64. The van der Waals surface area contributed by atoms with Crippen molar-refractivity contribution in [2.24, 2.45) is 7.05 Å². The number of hydrogen-bond donors (Lipinski definition) is 2. The number of carbonyl (C=O) groups excluding carboxylic acids is 1. The van der Waals surface area contributed by atoms with E-state index in [4.69, 9.17) is 0 Å². The van der Waals surface area contributed by atoms with Crippen LogP contribution in [-0.2, 0) is 18.3 Å². The van der Waals surface area contributed by atoms with Crippen LogP contribution in [0.5, 0.6) is 0 Å². The van der Waals surface area contributed by atoms with Gasteiger partial charge in [0.15, 0.2) is 5.82 Å². The third-order valence-electron chi connectivity index (χ3n) is 3.96. The van der Waals surface area contributed by atoms with Crippen molar-refractivity contribution in [1.29, 1.82) is 0 Å². The summed E-state index contributed by atoms with van der Waals surface area (Å²) >= 11 is 0. The van der Waals surface area contributed by atoms with Gasteiger partial charge in [-0.1, -0.05) is 25.1 Å². The first-order valence-electron chi connectivity index (χ1n) is 8.00. The van der Waals surface area contributed by atoms with E-state index in [0.29, 0.717) is 5.82 Å². The molecule has 3 aromatic rings. The Morgan fingerprint density at radius 2 is 2.04 bits per heavy atom. The van der Waals surface area contributed by atoms with Crippen LogP contribution >= 0.6 is 0 Å². The molecule has 0 radical (unpaired) electrons. The third-order valence-corrected chi connectivity index (χ3v) is 3.96. The number of pyridine rings is 1. The third kappa shape index (κ3) is 3.22. The SMILES string of the molecule is CCc1c(C)nc2ccccc2c1NCC(=O)Nc1ccn(C)n1. The highest BCUT2D eigenvalue weighted by Gasteiger charge is 2.12. The van der Waals surface area contributed by atoms with Crippen LogP contribution in [0.15, 0.2) is 36.5 Å². The molecule has 0 saturated heterocycles. The summed E-state index contributed by atoms with van der Waals surface area (Å²) in [4.78, 5) is 16.8. The lowest BCUT2D eigenvalue weighted by Crippen LogP contribution is -2.23. The Morgan fingerprint density at radius 1 is 1.25 bits per heavy atom. The molecular formula is C18H21N5O. The number of rotatable bonds is 5. The van der Waals surface area contributed by atoms with E-state index in [-0.39, 0.29) is 12.5 Å². The molecule has 24 heavy (non-hydrogen) atoms. The molecule has 0 spiro atoms. The number of anilines is 2. The maximum Gasteiger partial charge on any atom is 0.244 e. The van der Waals surface area contributed by atoms with Crippen LogP contribution in [0.1, 0.15) is 18.2 Å². The van der Waals surface area contributed by atoms with Crippen molar-refractivity contribution >= 4 is 28.3 Å². The van der Waals surface area contributed by atoms with Gasteiger partial charge in [-0.3, -0.25) is 14.5 Å². The lowest BCUT2D eigenvalue weighted by Gasteiger charge is -2.16. The minimum Gasteiger partial charge on any atom is -0.375 e. The summed E-state index contributed by atoms with van der Waals surface area (Å²) in [5, 5.41) is 11.3. The molecule has 0 aliphatic rings. The first-order valence-corrected chi connectivity index (χ1v) is 8.00. The van der Waals surface area contributed by atoms with Crippen molar-refractivity contribution in [2.75, 3.05) is 17.2 Å². The van der Waals surface area contributed by atoms with E-state index >= 15 is 0 Å². The highest BCUT2D eigenvalue weighted by Crippen LogP contribution is 2.28. The van der Waals surface area contributed by atoms with E-state index in [0.717, 1.165) is 34.3 Å². The lowest BCUT2D eigenvalue weighted by molar-refractivity contribution is -0.114. The Kier molecular flexibility index (Phi) is 4.46. The quantitative estimate of drug-likeness (QED) is 0.757. The first-order chi connectivity index (χ1) is 11.6. The summed E-state index contributed by atoms with van der Waals surface area (Å²) in [6, 6.07) is 9.73. The Hall–Kier alpha value is -2.89. The number of benzene rings is 1. The van der Waals surface area contributed by atoms with Crippen LogP contribution in [0.4, 0.5) is 11.5 Å². The van der Waals surface area contributed by atoms with Gasteiger partial charge in [0, 0.05) is 36.1 Å². The largest absolute Gasteiger partial charge is 0.375 e. The van der Waals surface area contributed by atoms with Crippen molar-refractivity contribution in [3.63, 3.8) is 0 Å². The maximum atomic E-state index is 12.2. The van der Waals surface area contributed by atoms with Gasteiger partial charge in [-0.2, -0.15) is 5.10 Å². The maximum absolute atomic E-state index is 12.2. The molecule has 124 valence electrons. The zero-order valence-corrected chi connectivity index (χ0v) is 14.1. The minimum atomic E-state index is -0.130. The molecule has 0 aliphatic heterocycles. The first kappa shape index (κ1) is 16.0. The number of fused-ring (bicyclic) bond motifs is 1. The number of aryl methyl sites for hydroxylation is 2. The molecule has 0 saturated carbocycles. The fraction of sp³-hybridized carbons (Fsp3) is 0.278. The monoisotopic (exact) mass is 323 g/mol. The molecule has 1 amide bonds. The number of para-hydroxylation sites is 1. The molecule has 2 heterocycles. The number of nitrogens with zero attached hydrogens (tertiary/aromatic N) is 3. The Morgan fingerprint density at radius 3 is 2.75 bits per heavy atom. The van der Waals surface area contributed by atoms with Gasteiger partial charge in [-0.15, -0.1) is 0 Å². The van der Waals surface area contributed by atoms with Crippen molar-refractivity contribution in [3.05, 3.63) is 47.8 Å². The Balaban J connectivity index is 1.82. The second-order valence-electron chi connectivity index (χ2n) is 5.70. The molecule has 2 N–H and O–H groups in total. The molecule has 0 fully saturated rings. The molecule has 6 nitrogen and oxygen atoms in total. The molecular weight excluding hydrogens is 302 g/mol. The number of nitrogens with one attached hydrogen (secondary N) is 2. The zero-order valence-electron chi connectivity index (χ0n) is 14.1. The molecule has 2 aromatic heterocycles.